The molecule has 2 N–H and O–H groups in total. The molecule has 0 aliphatic rings. The monoisotopic (exact) mass is 258 g/mol. The van der Waals surface area contributed by atoms with E-state index in [9.17, 15) is 0 Å². The number of anilines is 1. The summed E-state index contributed by atoms with van der Waals surface area (Å²) < 4.78 is 1.30. The lowest BCUT2D eigenvalue weighted by atomic mass is 10.0. The summed E-state index contributed by atoms with van der Waals surface area (Å²) in [6.45, 7) is 6.59. The highest BCUT2D eigenvalue weighted by Crippen LogP contribution is 2.33. The molecule has 1 aromatic rings. The normalized spacial score (nSPS) is 12.9. The number of unbranched alkanes of at least 4 members (excludes halogenated alkanes) is 1. The average Bonchev–Trinajstić information content (AvgIpc) is 2.58. The Kier molecular flexibility index (Phi) is 6.21. The van der Waals surface area contributed by atoms with Crippen molar-refractivity contribution in [3.63, 3.8) is 0 Å². The summed E-state index contributed by atoms with van der Waals surface area (Å²) in [4.78, 5) is 4.25. The van der Waals surface area contributed by atoms with Crippen molar-refractivity contribution in [2.24, 2.45) is 5.92 Å². The van der Waals surface area contributed by atoms with Crippen LogP contribution in [0.2, 0.25) is 0 Å². The van der Waals surface area contributed by atoms with Gasteiger partial charge in [-0.2, -0.15) is 0 Å². The smallest absolute Gasteiger partial charge is 0.181 e. The molecule has 0 aliphatic heterocycles. The number of nitrogen functional groups attached to an aromatic ring is 1. The van der Waals surface area contributed by atoms with Gasteiger partial charge in [-0.1, -0.05) is 44.4 Å². The predicted molar refractivity (Wildman–Crippen MR) is 75.3 cm³/mol. The summed E-state index contributed by atoms with van der Waals surface area (Å²) in [5.74, 6) is 2.05. The molecule has 0 spiro atoms. The fraction of sp³-hybridized carbons (Fsp3) is 0.750. The fourth-order valence-corrected chi connectivity index (χ4v) is 3.93. The van der Waals surface area contributed by atoms with Crippen molar-refractivity contribution < 1.29 is 0 Å². The molecule has 1 atom stereocenters. The second-order valence-electron chi connectivity index (χ2n) is 4.15. The number of hydrogen-bond donors (Lipinski definition) is 1. The Morgan fingerprint density at radius 1 is 1.44 bits per heavy atom. The first kappa shape index (κ1) is 13.8. The van der Waals surface area contributed by atoms with Crippen LogP contribution in [0.3, 0.4) is 0 Å². The molecule has 1 aromatic heterocycles. The van der Waals surface area contributed by atoms with Crippen LogP contribution in [-0.2, 0) is 0 Å². The van der Waals surface area contributed by atoms with E-state index in [1.165, 1.54) is 35.6 Å². The van der Waals surface area contributed by atoms with Crippen LogP contribution in [0.4, 0.5) is 5.13 Å². The highest BCUT2D eigenvalue weighted by atomic mass is 32.2. The Balaban J connectivity index is 2.39. The summed E-state index contributed by atoms with van der Waals surface area (Å²) in [5, 5.41) is 0.696. The number of nitrogens with zero attached hydrogens (tertiary/aromatic N) is 1. The first-order chi connectivity index (χ1) is 7.67. The first-order valence-corrected chi connectivity index (χ1v) is 7.83. The molecule has 0 fully saturated rings. The molecular formula is C12H22N2S2. The minimum atomic E-state index is 0.696. The predicted octanol–water partition coefficient (Wildman–Crippen LogP) is 4.34. The lowest BCUT2D eigenvalue weighted by molar-refractivity contribution is 0.499. The number of nitrogens with two attached hydrogens (primary N) is 1. The minimum absolute atomic E-state index is 0.696. The van der Waals surface area contributed by atoms with Crippen LogP contribution in [0.1, 0.15) is 45.2 Å². The lowest BCUT2D eigenvalue weighted by Crippen LogP contribution is -2.01. The van der Waals surface area contributed by atoms with Crippen LogP contribution in [0.25, 0.3) is 0 Å². The molecule has 0 bridgehead atoms. The first-order valence-electron chi connectivity index (χ1n) is 6.03. The maximum atomic E-state index is 5.69. The lowest BCUT2D eigenvalue weighted by Gasteiger charge is -2.12. The van der Waals surface area contributed by atoms with Crippen molar-refractivity contribution in [1.29, 1.82) is 0 Å². The Morgan fingerprint density at radius 2 is 2.19 bits per heavy atom. The highest BCUT2D eigenvalue weighted by molar-refractivity contribution is 8.01. The SMILES string of the molecule is CCCCC(CC)CSc1sc(N)nc1C. The molecular weight excluding hydrogens is 236 g/mol. The van der Waals surface area contributed by atoms with E-state index in [1.54, 1.807) is 11.3 Å². The van der Waals surface area contributed by atoms with Gasteiger partial charge in [0.25, 0.3) is 0 Å². The number of thiazole rings is 1. The highest BCUT2D eigenvalue weighted by Gasteiger charge is 2.10. The molecule has 1 rings (SSSR count). The zero-order valence-electron chi connectivity index (χ0n) is 10.5. The van der Waals surface area contributed by atoms with E-state index < -0.39 is 0 Å². The van der Waals surface area contributed by atoms with Gasteiger partial charge >= 0.3 is 0 Å². The van der Waals surface area contributed by atoms with Gasteiger partial charge in [-0.15, -0.1) is 11.8 Å². The van der Waals surface area contributed by atoms with E-state index >= 15 is 0 Å². The van der Waals surface area contributed by atoms with E-state index in [0.717, 1.165) is 11.6 Å². The van der Waals surface area contributed by atoms with Gasteiger partial charge in [0, 0.05) is 5.75 Å². The quantitative estimate of drug-likeness (QED) is 0.739. The van der Waals surface area contributed by atoms with Crippen LogP contribution in [-0.4, -0.2) is 10.7 Å². The molecule has 0 saturated carbocycles. The zero-order valence-corrected chi connectivity index (χ0v) is 12.1. The molecule has 92 valence electrons. The van der Waals surface area contributed by atoms with E-state index in [0.29, 0.717) is 5.13 Å². The van der Waals surface area contributed by atoms with Gasteiger partial charge in [0.2, 0.25) is 0 Å². The van der Waals surface area contributed by atoms with Crippen molar-refractivity contribution in [2.45, 2.75) is 50.7 Å². The molecule has 16 heavy (non-hydrogen) atoms. The Hall–Kier alpha value is -0.220. The van der Waals surface area contributed by atoms with Crippen molar-refractivity contribution in [3.05, 3.63) is 5.69 Å². The second kappa shape index (κ2) is 7.17. The van der Waals surface area contributed by atoms with Gasteiger partial charge in [0.15, 0.2) is 5.13 Å². The maximum Gasteiger partial charge on any atom is 0.181 e. The third-order valence-corrected chi connectivity index (χ3v) is 5.34. The minimum Gasteiger partial charge on any atom is -0.375 e. The molecule has 0 aliphatic carbocycles. The van der Waals surface area contributed by atoms with Crippen molar-refractivity contribution in [2.75, 3.05) is 11.5 Å². The topological polar surface area (TPSA) is 38.9 Å². The summed E-state index contributed by atoms with van der Waals surface area (Å²) >= 11 is 3.55. The van der Waals surface area contributed by atoms with Crippen LogP contribution in [0.5, 0.6) is 0 Å². The van der Waals surface area contributed by atoms with Gasteiger partial charge in [0.05, 0.1) is 9.90 Å². The summed E-state index contributed by atoms with van der Waals surface area (Å²) in [6.07, 6.45) is 5.28. The molecule has 0 aromatic carbocycles. The van der Waals surface area contributed by atoms with Gasteiger partial charge < -0.3 is 5.73 Å². The Morgan fingerprint density at radius 3 is 2.69 bits per heavy atom. The number of aromatic nitrogens is 1. The Labute approximate surface area is 107 Å². The number of aryl methyl sites for hydroxylation is 1. The molecule has 0 amide bonds. The molecule has 1 heterocycles. The number of thioether (sulfide) groups is 1. The van der Waals surface area contributed by atoms with Crippen LogP contribution >= 0.6 is 23.1 Å². The van der Waals surface area contributed by atoms with Crippen LogP contribution in [0.15, 0.2) is 4.21 Å². The molecule has 0 radical (unpaired) electrons. The van der Waals surface area contributed by atoms with Gasteiger partial charge in [0.1, 0.15) is 0 Å². The van der Waals surface area contributed by atoms with Crippen molar-refractivity contribution in [3.8, 4) is 0 Å². The third kappa shape index (κ3) is 4.34. The van der Waals surface area contributed by atoms with E-state index in [4.69, 9.17) is 5.73 Å². The van der Waals surface area contributed by atoms with Gasteiger partial charge in [-0.05, 0) is 19.3 Å². The van der Waals surface area contributed by atoms with E-state index in [2.05, 4.69) is 18.8 Å². The van der Waals surface area contributed by atoms with Crippen LogP contribution < -0.4 is 5.73 Å². The average molecular weight is 258 g/mol. The molecule has 4 heteroatoms. The van der Waals surface area contributed by atoms with Gasteiger partial charge in [-0.3, -0.25) is 0 Å². The molecule has 0 saturated heterocycles. The Bertz CT molecular complexity index is 310. The van der Waals surface area contributed by atoms with Crippen molar-refractivity contribution >= 4 is 28.2 Å². The maximum absolute atomic E-state index is 5.69. The summed E-state index contributed by atoms with van der Waals surface area (Å²) in [6, 6.07) is 0. The third-order valence-electron chi connectivity index (χ3n) is 2.76. The van der Waals surface area contributed by atoms with E-state index in [-0.39, 0.29) is 0 Å². The standard InChI is InChI=1S/C12H22N2S2/c1-4-6-7-10(5-2)8-15-11-9(3)14-12(13)16-11/h10H,4-8H2,1-3H3,(H2,13,14). The van der Waals surface area contributed by atoms with Gasteiger partial charge in [-0.25, -0.2) is 4.98 Å². The summed E-state index contributed by atoms with van der Waals surface area (Å²) in [7, 11) is 0. The second-order valence-corrected chi connectivity index (χ2v) is 6.47. The zero-order chi connectivity index (χ0) is 12.0. The number of hydrogen-bond acceptors (Lipinski definition) is 4. The largest absolute Gasteiger partial charge is 0.375 e. The van der Waals surface area contributed by atoms with E-state index in [1.807, 2.05) is 18.7 Å². The van der Waals surface area contributed by atoms with Crippen molar-refractivity contribution in [1.82, 2.24) is 4.98 Å². The summed E-state index contributed by atoms with van der Waals surface area (Å²) in [5.41, 5.74) is 6.79. The van der Waals surface area contributed by atoms with Crippen LogP contribution in [0, 0.1) is 12.8 Å². The molecule has 2 nitrogen and oxygen atoms in total. The fourth-order valence-electron chi connectivity index (χ4n) is 1.63. The molecule has 1 unspecified atom stereocenters. The number of rotatable bonds is 7.